The number of hydrogen-bond acceptors (Lipinski definition) is 6. The lowest BCUT2D eigenvalue weighted by molar-refractivity contribution is 0.247. The molecule has 1 atom stereocenters. The third-order valence-electron chi connectivity index (χ3n) is 4.78. The van der Waals surface area contributed by atoms with Crippen LogP contribution in [0.4, 0.5) is 16.3 Å². The Kier molecular flexibility index (Phi) is 5.79. The highest BCUT2D eigenvalue weighted by Crippen LogP contribution is 2.23. The molecule has 0 bridgehead atoms. The number of halogens is 2. The number of aliphatic hydroxyl groups excluding tert-OH is 1. The Morgan fingerprint density at radius 1 is 1.16 bits per heavy atom. The fraction of sp³-hybridized carbons (Fsp3) is 0.143. The van der Waals surface area contributed by atoms with Crippen LogP contribution < -0.4 is 10.9 Å². The molecule has 0 unspecified atom stereocenters. The van der Waals surface area contributed by atoms with Crippen molar-refractivity contribution in [2.75, 3.05) is 11.9 Å². The number of rotatable bonds is 6. The van der Waals surface area contributed by atoms with Gasteiger partial charge in [0.2, 0.25) is 11.9 Å². The van der Waals surface area contributed by atoms with Gasteiger partial charge in [0, 0.05) is 43.5 Å². The Labute approximate surface area is 181 Å². The van der Waals surface area contributed by atoms with Gasteiger partial charge in [0.15, 0.2) is 0 Å². The molecule has 0 aliphatic rings. The second-order valence-corrected chi connectivity index (χ2v) is 7.19. The number of imidazole rings is 1. The minimum absolute atomic E-state index is 0.0261. The second-order valence-electron chi connectivity index (χ2n) is 6.79. The number of aryl methyl sites for hydroxylation is 1. The fourth-order valence-corrected chi connectivity index (χ4v) is 3.26. The Balaban J connectivity index is 1.64. The van der Waals surface area contributed by atoms with Crippen molar-refractivity contribution in [3.8, 4) is 11.3 Å². The molecule has 8 nitrogen and oxygen atoms in total. The molecule has 0 radical (unpaired) electrons. The molecule has 10 heteroatoms. The molecular formula is C21H18ClFN6O2. The number of anilines is 2. The molecule has 3 heterocycles. The summed E-state index contributed by atoms with van der Waals surface area (Å²) < 4.78 is 17.0. The minimum Gasteiger partial charge on any atom is -0.394 e. The van der Waals surface area contributed by atoms with Crippen molar-refractivity contribution >= 4 is 23.5 Å². The molecule has 2 N–H and O–H groups in total. The van der Waals surface area contributed by atoms with Gasteiger partial charge in [-0.1, -0.05) is 17.7 Å². The van der Waals surface area contributed by atoms with Crippen molar-refractivity contribution in [1.29, 1.82) is 0 Å². The van der Waals surface area contributed by atoms with Gasteiger partial charge in [-0.15, -0.1) is 0 Å². The van der Waals surface area contributed by atoms with Gasteiger partial charge in [-0.25, -0.2) is 19.3 Å². The van der Waals surface area contributed by atoms with Gasteiger partial charge < -0.3 is 14.2 Å². The van der Waals surface area contributed by atoms with E-state index in [1.54, 1.807) is 47.6 Å². The van der Waals surface area contributed by atoms with E-state index in [0.29, 0.717) is 28.7 Å². The zero-order chi connectivity index (χ0) is 22.0. The van der Waals surface area contributed by atoms with E-state index in [1.165, 1.54) is 22.8 Å². The summed E-state index contributed by atoms with van der Waals surface area (Å²) in [5.41, 5.74) is 1.17. The van der Waals surface area contributed by atoms with Crippen LogP contribution in [0.2, 0.25) is 5.02 Å². The third-order valence-corrected chi connectivity index (χ3v) is 5.09. The number of pyridine rings is 1. The summed E-state index contributed by atoms with van der Waals surface area (Å²) in [4.78, 5) is 25.6. The van der Waals surface area contributed by atoms with Gasteiger partial charge in [-0.3, -0.25) is 10.1 Å². The second kappa shape index (κ2) is 8.66. The van der Waals surface area contributed by atoms with Crippen molar-refractivity contribution < 1.29 is 9.50 Å². The van der Waals surface area contributed by atoms with E-state index in [-0.39, 0.29) is 17.2 Å². The zero-order valence-electron chi connectivity index (χ0n) is 16.4. The van der Waals surface area contributed by atoms with Crippen LogP contribution in [0.5, 0.6) is 0 Å². The number of aliphatic hydroxyl groups is 1. The van der Waals surface area contributed by atoms with Gasteiger partial charge in [0.05, 0.1) is 23.4 Å². The molecule has 0 saturated carbocycles. The van der Waals surface area contributed by atoms with E-state index >= 15 is 0 Å². The highest BCUT2D eigenvalue weighted by atomic mass is 35.5. The van der Waals surface area contributed by atoms with Gasteiger partial charge in [0.25, 0.3) is 5.56 Å². The van der Waals surface area contributed by atoms with Crippen LogP contribution in [0.15, 0.2) is 66.0 Å². The Bertz CT molecular complexity index is 1290. The van der Waals surface area contributed by atoms with Crippen LogP contribution in [0, 0.1) is 5.82 Å². The van der Waals surface area contributed by atoms with Crippen LogP contribution in [0.3, 0.4) is 0 Å². The summed E-state index contributed by atoms with van der Waals surface area (Å²) in [7, 11) is 1.84. The van der Waals surface area contributed by atoms with Gasteiger partial charge >= 0.3 is 0 Å². The monoisotopic (exact) mass is 440 g/mol. The van der Waals surface area contributed by atoms with Crippen molar-refractivity contribution in [3.63, 3.8) is 0 Å². The predicted octanol–water partition coefficient (Wildman–Crippen LogP) is 3.16. The quantitative estimate of drug-likeness (QED) is 0.478. The molecule has 31 heavy (non-hydrogen) atoms. The summed E-state index contributed by atoms with van der Waals surface area (Å²) in [6.45, 7) is -0.383. The third kappa shape index (κ3) is 4.32. The molecule has 4 aromatic rings. The standard InChI is InChI=1S/C21H18ClFN6O2/c1-28-9-7-25-21(28)27-20-24-6-4-17(26-20)13-5-8-29(19(31)11-13)18(12-30)14-2-3-15(22)16(23)10-14/h2-11,18,30H,12H2,1H3,(H,24,25,26,27)/t18-/m1/s1. The first-order valence-corrected chi connectivity index (χ1v) is 9.70. The maximum atomic E-state index is 13.8. The van der Waals surface area contributed by atoms with Crippen LogP contribution in [-0.2, 0) is 7.05 Å². The Morgan fingerprint density at radius 2 is 2.00 bits per heavy atom. The maximum absolute atomic E-state index is 13.8. The Morgan fingerprint density at radius 3 is 2.68 bits per heavy atom. The minimum atomic E-state index is -0.751. The highest BCUT2D eigenvalue weighted by Gasteiger charge is 2.16. The molecule has 0 aliphatic heterocycles. The molecule has 0 fully saturated rings. The number of hydrogen-bond donors (Lipinski definition) is 2. The van der Waals surface area contributed by atoms with Crippen molar-refractivity contribution in [2.24, 2.45) is 7.05 Å². The average molecular weight is 441 g/mol. The summed E-state index contributed by atoms with van der Waals surface area (Å²) >= 11 is 5.73. The highest BCUT2D eigenvalue weighted by molar-refractivity contribution is 6.30. The predicted molar refractivity (Wildman–Crippen MR) is 115 cm³/mol. The summed E-state index contributed by atoms with van der Waals surface area (Å²) in [5, 5.41) is 12.8. The van der Waals surface area contributed by atoms with Crippen molar-refractivity contribution in [1.82, 2.24) is 24.1 Å². The topological polar surface area (TPSA) is 97.9 Å². The molecule has 3 aromatic heterocycles. The molecule has 158 valence electrons. The SMILES string of the molecule is Cn1ccnc1Nc1nccc(-c2ccn([C@H](CO)c3ccc(Cl)c(F)c3)c(=O)c2)n1. The van der Waals surface area contributed by atoms with Gasteiger partial charge in [-0.2, -0.15) is 0 Å². The van der Waals surface area contributed by atoms with E-state index in [0.717, 1.165) is 0 Å². The van der Waals surface area contributed by atoms with E-state index in [2.05, 4.69) is 20.3 Å². The average Bonchev–Trinajstić information content (AvgIpc) is 3.16. The lowest BCUT2D eigenvalue weighted by atomic mass is 10.1. The van der Waals surface area contributed by atoms with E-state index in [1.807, 2.05) is 7.05 Å². The molecule has 0 saturated heterocycles. The van der Waals surface area contributed by atoms with Crippen LogP contribution in [0.1, 0.15) is 11.6 Å². The molecular weight excluding hydrogens is 423 g/mol. The normalized spacial score (nSPS) is 12.0. The van der Waals surface area contributed by atoms with Gasteiger partial charge in [0.1, 0.15) is 5.82 Å². The summed E-state index contributed by atoms with van der Waals surface area (Å²) in [6.07, 6.45) is 6.55. The number of benzene rings is 1. The molecule has 4 rings (SSSR count). The first-order valence-electron chi connectivity index (χ1n) is 9.32. The van der Waals surface area contributed by atoms with E-state index in [4.69, 9.17) is 11.6 Å². The summed E-state index contributed by atoms with van der Waals surface area (Å²) in [5.74, 6) is 0.297. The van der Waals surface area contributed by atoms with Crippen molar-refractivity contribution in [2.45, 2.75) is 6.04 Å². The molecule has 1 aromatic carbocycles. The fourth-order valence-electron chi connectivity index (χ4n) is 3.15. The summed E-state index contributed by atoms with van der Waals surface area (Å²) in [6, 6.07) is 8.22. The first kappa shape index (κ1) is 20.7. The lowest BCUT2D eigenvalue weighted by Crippen LogP contribution is -2.27. The van der Waals surface area contributed by atoms with Crippen LogP contribution in [0.25, 0.3) is 11.3 Å². The largest absolute Gasteiger partial charge is 0.394 e. The first-order chi connectivity index (χ1) is 15.0. The van der Waals surface area contributed by atoms with Crippen LogP contribution in [-0.4, -0.2) is 35.8 Å². The number of nitrogens with one attached hydrogen (secondary N) is 1. The zero-order valence-corrected chi connectivity index (χ0v) is 17.2. The molecule has 0 aliphatic carbocycles. The lowest BCUT2D eigenvalue weighted by Gasteiger charge is -2.18. The van der Waals surface area contributed by atoms with Crippen LogP contribution >= 0.6 is 11.6 Å². The van der Waals surface area contributed by atoms with E-state index in [9.17, 15) is 14.3 Å². The van der Waals surface area contributed by atoms with Gasteiger partial charge in [-0.05, 0) is 29.8 Å². The van der Waals surface area contributed by atoms with Crippen molar-refractivity contribution in [3.05, 3.63) is 87.9 Å². The molecule has 0 amide bonds. The maximum Gasteiger partial charge on any atom is 0.251 e. The molecule has 0 spiro atoms. The smallest absolute Gasteiger partial charge is 0.251 e. The Hall–Kier alpha value is -3.56. The van der Waals surface area contributed by atoms with E-state index < -0.39 is 11.9 Å². The number of aromatic nitrogens is 5. The number of nitrogens with zero attached hydrogens (tertiary/aromatic N) is 5.